The molecule has 1 aromatic heterocycles. The first kappa shape index (κ1) is 9.80. The summed E-state index contributed by atoms with van der Waals surface area (Å²) in [6.07, 6.45) is 0. The maximum absolute atomic E-state index is 11.1. The van der Waals surface area contributed by atoms with Crippen LogP contribution in [0.1, 0.15) is 10.5 Å². The number of nitrogens with zero attached hydrogens (tertiary/aromatic N) is 1. The summed E-state index contributed by atoms with van der Waals surface area (Å²) in [5.41, 5.74) is 0.0588. The number of esters is 1. The van der Waals surface area contributed by atoms with Crippen LogP contribution in [0.3, 0.4) is 0 Å². The Morgan fingerprint density at radius 1 is 1.46 bits per heavy atom. The molecule has 1 aromatic rings. The SMILES string of the molecule is COC(=O)c1nc(OC)ccc1Cl. The highest BCUT2D eigenvalue weighted by Gasteiger charge is 2.13. The molecule has 1 heterocycles. The van der Waals surface area contributed by atoms with Gasteiger partial charge in [-0.2, -0.15) is 0 Å². The molecule has 0 fully saturated rings. The van der Waals surface area contributed by atoms with E-state index in [-0.39, 0.29) is 10.7 Å². The third kappa shape index (κ3) is 2.09. The number of aromatic nitrogens is 1. The Bertz CT molecular complexity index is 327. The van der Waals surface area contributed by atoms with Crippen molar-refractivity contribution in [1.82, 2.24) is 4.98 Å². The molecule has 0 N–H and O–H groups in total. The van der Waals surface area contributed by atoms with Crippen LogP contribution in [-0.4, -0.2) is 25.2 Å². The largest absolute Gasteiger partial charge is 0.481 e. The molecule has 0 aromatic carbocycles. The lowest BCUT2D eigenvalue weighted by Crippen LogP contribution is -2.05. The smallest absolute Gasteiger partial charge is 0.358 e. The molecule has 0 unspecified atom stereocenters. The lowest BCUT2D eigenvalue weighted by atomic mass is 10.3. The molecule has 0 aliphatic heterocycles. The number of carbonyl (C=O) groups excluding carboxylic acids is 1. The molecule has 0 saturated carbocycles. The van der Waals surface area contributed by atoms with Gasteiger partial charge in [-0.15, -0.1) is 0 Å². The summed E-state index contributed by atoms with van der Waals surface area (Å²) in [5, 5.41) is 0.243. The van der Waals surface area contributed by atoms with Crippen LogP contribution in [0.4, 0.5) is 0 Å². The third-order valence-corrected chi connectivity index (χ3v) is 1.71. The standard InChI is InChI=1S/C8H8ClNO3/c1-12-6-4-3-5(9)7(10-6)8(11)13-2/h3-4H,1-2H3. The molecule has 70 valence electrons. The Hall–Kier alpha value is -1.29. The number of rotatable bonds is 2. The summed E-state index contributed by atoms with van der Waals surface area (Å²) in [6.45, 7) is 0. The quantitative estimate of drug-likeness (QED) is 0.681. The van der Waals surface area contributed by atoms with Gasteiger partial charge < -0.3 is 9.47 Å². The van der Waals surface area contributed by atoms with Crippen molar-refractivity contribution in [3.63, 3.8) is 0 Å². The van der Waals surface area contributed by atoms with E-state index in [9.17, 15) is 4.79 Å². The van der Waals surface area contributed by atoms with Gasteiger partial charge in [-0.3, -0.25) is 0 Å². The summed E-state index contributed by atoms with van der Waals surface area (Å²) in [6, 6.07) is 3.09. The highest BCUT2D eigenvalue weighted by atomic mass is 35.5. The van der Waals surface area contributed by atoms with Gasteiger partial charge in [0.2, 0.25) is 5.88 Å². The minimum absolute atomic E-state index is 0.0588. The second-order valence-electron chi connectivity index (χ2n) is 2.18. The molecule has 0 radical (unpaired) electrons. The van der Waals surface area contributed by atoms with E-state index < -0.39 is 5.97 Å². The predicted octanol–water partition coefficient (Wildman–Crippen LogP) is 1.53. The molecule has 0 saturated heterocycles. The summed E-state index contributed by atoms with van der Waals surface area (Å²) < 4.78 is 9.30. The normalized spacial score (nSPS) is 9.46. The molecular formula is C8H8ClNO3. The first-order valence-electron chi connectivity index (χ1n) is 3.48. The van der Waals surface area contributed by atoms with Crippen LogP contribution in [0.5, 0.6) is 5.88 Å². The Labute approximate surface area is 80.4 Å². The van der Waals surface area contributed by atoms with Gasteiger partial charge in [-0.05, 0) is 6.07 Å². The summed E-state index contributed by atoms with van der Waals surface area (Å²) in [7, 11) is 2.72. The van der Waals surface area contributed by atoms with Gasteiger partial charge >= 0.3 is 5.97 Å². The maximum Gasteiger partial charge on any atom is 0.358 e. The Morgan fingerprint density at radius 3 is 2.69 bits per heavy atom. The number of hydrogen-bond acceptors (Lipinski definition) is 4. The second-order valence-corrected chi connectivity index (χ2v) is 2.58. The first-order valence-corrected chi connectivity index (χ1v) is 3.85. The van der Waals surface area contributed by atoms with Gasteiger partial charge in [0.25, 0.3) is 0 Å². The van der Waals surface area contributed by atoms with E-state index in [0.29, 0.717) is 5.88 Å². The van der Waals surface area contributed by atoms with Gasteiger partial charge in [-0.25, -0.2) is 9.78 Å². The minimum Gasteiger partial charge on any atom is -0.481 e. The van der Waals surface area contributed by atoms with Crippen molar-refractivity contribution in [2.24, 2.45) is 0 Å². The average molecular weight is 202 g/mol. The highest BCUT2D eigenvalue weighted by molar-refractivity contribution is 6.33. The second kappa shape index (κ2) is 4.09. The first-order chi connectivity index (χ1) is 6.19. The molecular weight excluding hydrogens is 194 g/mol. The van der Waals surface area contributed by atoms with E-state index in [2.05, 4.69) is 9.72 Å². The fourth-order valence-corrected chi connectivity index (χ4v) is 0.960. The fourth-order valence-electron chi connectivity index (χ4n) is 0.778. The van der Waals surface area contributed by atoms with Gasteiger partial charge in [-0.1, -0.05) is 11.6 Å². The molecule has 0 atom stereocenters. The molecule has 1 rings (SSSR count). The zero-order chi connectivity index (χ0) is 9.84. The molecule has 0 aliphatic carbocycles. The van der Waals surface area contributed by atoms with E-state index in [1.54, 1.807) is 6.07 Å². The van der Waals surface area contributed by atoms with Crippen LogP contribution in [0.2, 0.25) is 5.02 Å². The van der Waals surface area contributed by atoms with Crippen molar-refractivity contribution in [3.05, 3.63) is 22.8 Å². The van der Waals surface area contributed by atoms with Crippen molar-refractivity contribution in [2.45, 2.75) is 0 Å². The van der Waals surface area contributed by atoms with Crippen molar-refractivity contribution >= 4 is 17.6 Å². The average Bonchev–Trinajstić information content (AvgIpc) is 2.17. The molecule has 0 spiro atoms. The van der Waals surface area contributed by atoms with Crippen LogP contribution in [0.15, 0.2) is 12.1 Å². The third-order valence-electron chi connectivity index (χ3n) is 1.41. The fraction of sp³-hybridized carbons (Fsp3) is 0.250. The summed E-state index contributed by atoms with van der Waals surface area (Å²) >= 11 is 5.71. The molecule has 5 heteroatoms. The number of halogens is 1. The van der Waals surface area contributed by atoms with Crippen molar-refractivity contribution < 1.29 is 14.3 Å². The van der Waals surface area contributed by atoms with Gasteiger partial charge in [0.15, 0.2) is 5.69 Å². The van der Waals surface area contributed by atoms with E-state index in [0.717, 1.165) is 0 Å². The highest BCUT2D eigenvalue weighted by Crippen LogP contribution is 2.18. The van der Waals surface area contributed by atoms with Gasteiger partial charge in [0, 0.05) is 6.07 Å². The van der Waals surface area contributed by atoms with E-state index in [4.69, 9.17) is 16.3 Å². The number of hydrogen-bond donors (Lipinski definition) is 0. The van der Waals surface area contributed by atoms with Crippen LogP contribution >= 0.6 is 11.6 Å². The topological polar surface area (TPSA) is 48.4 Å². The predicted molar refractivity (Wildman–Crippen MR) is 47.1 cm³/mol. The van der Waals surface area contributed by atoms with Crippen LogP contribution in [-0.2, 0) is 4.74 Å². The van der Waals surface area contributed by atoms with Crippen LogP contribution < -0.4 is 4.74 Å². The molecule has 13 heavy (non-hydrogen) atoms. The molecule has 4 nitrogen and oxygen atoms in total. The molecule has 0 aliphatic rings. The van der Waals surface area contributed by atoms with Crippen LogP contribution in [0, 0.1) is 0 Å². The zero-order valence-electron chi connectivity index (χ0n) is 7.20. The van der Waals surface area contributed by atoms with Crippen molar-refractivity contribution in [3.8, 4) is 5.88 Å². The number of ether oxygens (including phenoxy) is 2. The number of methoxy groups -OCH3 is 2. The summed E-state index contributed by atoms with van der Waals surface area (Å²) in [5.74, 6) is -0.256. The monoisotopic (exact) mass is 201 g/mol. The Kier molecular flexibility index (Phi) is 3.08. The van der Waals surface area contributed by atoms with Gasteiger partial charge in [0.05, 0.1) is 19.2 Å². The number of carbonyl (C=O) groups is 1. The maximum atomic E-state index is 11.1. The van der Waals surface area contributed by atoms with Gasteiger partial charge in [0.1, 0.15) is 0 Å². The van der Waals surface area contributed by atoms with E-state index in [1.807, 2.05) is 0 Å². The molecule has 0 bridgehead atoms. The van der Waals surface area contributed by atoms with Crippen molar-refractivity contribution in [2.75, 3.05) is 14.2 Å². The Balaban J connectivity index is 3.11. The lowest BCUT2D eigenvalue weighted by molar-refractivity contribution is 0.0593. The molecule has 0 amide bonds. The van der Waals surface area contributed by atoms with E-state index in [1.165, 1.54) is 20.3 Å². The zero-order valence-corrected chi connectivity index (χ0v) is 7.96. The number of pyridine rings is 1. The van der Waals surface area contributed by atoms with Crippen molar-refractivity contribution in [1.29, 1.82) is 0 Å². The van der Waals surface area contributed by atoms with E-state index >= 15 is 0 Å². The van der Waals surface area contributed by atoms with Crippen LogP contribution in [0.25, 0.3) is 0 Å². The minimum atomic E-state index is -0.580. The Morgan fingerprint density at radius 2 is 2.15 bits per heavy atom. The summed E-state index contributed by atoms with van der Waals surface area (Å²) in [4.78, 5) is 14.9. The lowest BCUT2D eigenvalue weighted by Gasteiger charge is -2.03.